The van der Waals surface area contributed by atoms with Crippen LogP contribution in [-0.4, -0.2) is 40.7 Å². The fourth-order valence-corrected chi connectivity index (χ4v) is 3.24. The first-order valence-corrected chi connectivity index (χ1v) is 8.62. The lowest BCUT2D eigenvalue weighted by atomic mass is 9.94. The molecule has 1 amide bonds. The molecular weight excluding hydrogens is 326 g/mol. The van der Waals surface area contributed by atoms with Crippen molar-refractivity contribution >= 4 is 17.5 Å². The maximum atomic E-state index is 12.4. The van der Waals surface area contributed by atoms with Crippen molar-refractivity contribution in [2.24, 2.45) is 0 Å². The predicted octanol–water partition coefficient (Wildman–Crippen LogP) is 3.29. The summed E-state index contributed by atoms with van der Waals surface area (Å²) >= 11 is 6.09. The smallest absolute Gasteiger partial charge is 0.248 e. The fourth-order valence-electron chi connectivity index (χ4n) is 3.05. The molecule has 6 heteroatoms. The zero-order chi connectivity index (χ0) is 16.9. The van der Waals surface area contributed by atoms with Gasteiger partial charge in [0.15, 0.2) is 0 Å². The molecule has 1 saturated heterocycles. The van der Waals surface area contributed by atoms with Gasteiger partial charge in [-0.3, -0.25) is 9.89 Å². The van der Waals surface area contributed by atoms with Crippen LogP contribution in [0.15, 0.2) is 30.3 Å². The molecule has 1 fully saturated rings. The van der Waals surface area contributed by atoms with Gasteiger partial charge < -0.3 is 9.64 Å². The number of rotatable bonds is 5. The van der Waals surface area contributed by atoms with Crippen LogP contribution in [0.3, 0.4) is 0 Å². The minimum absolute atomic E-state index is 0.0269. The van der Waals surface area contributed by atoms with Gasteiger partial charge in [-0.15, -0.1) is 0 Å². The third-order valence-corrected chi connectivity index (χ3v) is 4.73. The number of aromatic amines is 1. The van der Waals surface area contributed by atoms with E-state index in [1.807, 2.05) is 36.1 Å². The van der Waals surface area contributed by atoms with Gasteiger partial charge in [0, 0.05) is 29.7 Å². The molecule has 0 radical (unpaired) electrons. The number of ether oxygens (including phenoxy) is 1. The maximum absolute atomic E-state index is 12.4. The SMILES string of the molecule is Cc1cc([C@@H]2CCCN(C(=O)COCc3ccccc3Cl)C2)n[nH]1. The molecule has 0 bridgehead atoms. The number of amides is 1. The van der Waals surface area contributed by atoms with Crippen LogP contribution in [0.1, 0.15) is 35.7 Å². The number of benzene rings is 1. The molecule has 0 unspecified atom stereocenters. The van der Waals surface area contributed by atoms with Gasteiger partial charge in [-0.25, -0.2) is 0 Å². The van der Waals surface area contributed by atoms with E-state index in [9.17, 15) is 4.79 Å². The van der Waals surface area contributed by atoms with E-state index in [1.165, 1.54) is 0 Å². The van der Waals surface area contributed by atoms with Gasteiger partial charge in [0.25, 0.3) is 0 Å². The van der Waals surface area contributed by atoms with Crippen LogP contribution in [0.25, 0.3) is 0 Å². The second-order valence-corrected chi connectivity index (χ2v) is 6.65. The van der Waals surface area contributed by atoms with Crippen molar-refractivity contribution in [3.8, 4) is 0 Å². The van der Waals surface area contributed by atoms with E-state index < -0.39 is 0 Å². The molecule has 2 heterocycles. The average Bonchev–Trinajstić information content (AvgIpc) is 3.03. The van der Waals surface area contributed by atoms with E-state index in [2.05, 4.69) is 16.3 Å². The quantitative estimate of drug-likeness (QED) is 0.902. The Morgan fingerprint density at radius 2 is 2.29 bits per heavy atom. The van der Waals surface area contributed by atoms with Gasteiger partial charge in [0.2, 0.25) is 5.91 Å². The van der Waals surface area contributed by atoms with Gasteiger partial charge in [0.05, 0.1) is 12.3 Å². The molecule has 128 valence electrons. The van der Waals surface area contributed by atoms with Crippen LogP contribution in [0, 0.1) is 6.92 Å². The highest BCUT2D eigenvalue weighted by Gasteiger charge is 2.26. The van der Waals surface area contributed by atoms with Crippen molar-refractivity contribution in [3.05, 3.63) is 52.3 Å². The third kappa shape index (κ3) is 4.16. The third-order valence-electron chi connectivity index (χ3n) is 4.36. The van der Waals surface area contributed by atoms with Gasteiger partial charge in [-0.2, -0.15) is 5.10 Å². The molecule has 0 saturated carbocycles. The number of aromatic nitrogens is 2. The molecule has 3 rings (SSSR count). The first-order chi connectivity index (χ1) is 11.6. The van der Waals surface area contributed by atoms with Crippen LogP contribution in [0.2, 0.25) is 5.02 Å². The topological polar surface area (TPSA) is 58.2 Å². The van der Waals surface area contributed by atoms with Crippen LogP contribution >= 0.6 is 11.6 Å². The summed E-state index contributed by atoms with van der Waals surface area (Å²) in [5, 5.41) is 7.98. The minimum Gasteiger partial charge on any atom is -0.367 e. The number of aryl methyl sites for hydroxylation is 1. The van der Waals surface area contributed by atoms with E-state index in [-0.39, 0.29) is 12.5 Å². The molecule has 0 aliphatic carbocycles. The van der Waals surface area contributed by atoms with Crippen LogP contribution in [0.4, 0.5) is 0 Å². The molecule has 1 aliphatic rings. The Kier molecular flexibility index (Phi) is 5.53. The van der Waals surface area contributed by atoms with Crippen molar-refractivity contribution in [2.45, 2.75) is 32.3 Å². The normalized spacial score (nSPS) is 17.9. The number of hydrogen-bond donors (Lipinski definition) is 1. The summed E-state index contributed by atoms with van der Waals surface area (Å²) in [5.41, 5.74) is 2.99. The highest BCUT2D eigenvalue weighted by Crippen LogP contribution is 2.26. The van der Waals surface area contributed by atoms with Crippen molar-refractivity contribution in [2.75, 3.05) is 19.7 Å². The van der Waals surface area contributed by atoms with E-state index in [0.717, 1.165) is 36.3 Å². The molecule has 1 atom stereocenters. The number of hydrogen-bond acceptors (Lipinski definition) is 3. The molecular formula is C18H22ClN3O2. The van der Waals surface area contributed by atoms with Crippen molar-refractivity contribution in [1.29, 1.82) is 0 Å². The Labute approximate surface area is 147 Å². The maximum Gasteiger partial charge on any atom is 0.248 e. The number of carbonyl (C=O) groups excluding carboxylic acids is 1. The first-order valence-electron chi connectivity index (χ1n) is 8.24. The lowest BCUT2D eigenvalue weighted by Crippen LogP contribution is -2.41. The van der Waals surface area contributed by atoms with Gasteiger partial charge in [0.1, 0.15) is 6.61 Å². The number of nitrogens with zero attached hydrogens (tertiary/aromatic N) is 2. The number of H-pyrrole nitrogens is 1. The summed E-state index contributed by atoms with van der Waals surface area (Å²) in [6, 6.07) is 9.58. The lowest BCUT2D eigenvalue weighted by Gasteiger charge is -2.32. The molecule has 2 aromatic rings. The molecule has 1 aromatic carbocycles. The number of carbonyl (C=O) groups is 1. The first kappa shape index (κ1) is 17.0. The summed E-state index contributed by atoms with van der Waals surface area (Å²) in [4.78, 5) is 14.3. The standard InChI is InChI=1S/C18H22ClN3O2/c1-13-9-17(21-20-13)14-6-4-8-22(10-14)18(23)12-24-11-15-5-2-3-7-16(15)19/h2-3,5,7,9,14H,4,6,8,10-12H2,1H3,(H,20,21)/t14-/m1/s1. The highest BCUT2D eigenvalue weighted by atomic mass is 35.5. The number of likely N-dealkylation sites (tertiary alicyclic amines) is 1. The van der Waals surface area contributed by atoms with Crippen molar-refractivity contribution in [3.63, 3.8) is 0 Å². The zero-order valence-electron chi connectivity index (χ0n) is 13.8. The molecule has 1 N–H and O–H groups in total. The minimum atomic E-state index is 0.0269. The van der Waals surface area contributed by atoms with Crippen LogP contribution < -0.4 is 0 Å². The van der Waals surface area contributed by atoms with Gasteiger partial charge in [-0.05, 0) is 37.5 Å². The summed E-state index contributed by atoms with van der Waals surface area (Å²) in [7, 11) is 0. The highest BCUT2D eigenvalue weighted by molar-refractivity contribution is 6.31. The van der Waals surface area contributed by atoms with Crippen LogP contribution in [0.5, 0.6) is 0 Å². The monoisotopic (exact) mass is 347 g/mol. The van der Waals surface area contributed by atoms with Crippen molar-refractivity contribution < 1.29 is 9.53 Å². The zero-order valence-corrected chi connectivity index (χ0v) is 14.6. The second-order valence-electron chi connectivity index (χ2n) is 6.24. The Hall–Kier alpha value is -1.85. The van der Waals surface area contributed by atoms with Crippen LogP contribution in [-0.2, 0) is 16.1 Å². The summed E-state index contributed by atoms with van der Waals surface area (Å²) in [6.45, 7) is 3.91. The molecule has 1 aromatic heterocycles. The number of piperidine rings is 1. The fraction of sp³-hybridized carbons (Fsp3) is 0.444. The Morgan fingerprint density at radius 3 is 3.04 bits per heavy atom. The number of nitrogens with one attached hydrogen (secondary N) is 1. The Morgan fingerprint density at radius 1 is 1.46 bits per heavy atom. The number of halogens is 1. The largest absolute Gasteiger partial charge is 0.367 e. The Balaban J connectivity index is 1.50. The van der Waals surface area contributed by atoms with E-state index >= 15 is 0 Å². The molecule has 0 spiro atoms. The van der Waals surface area contributed by atoms with E-state index in [4.69, 9.17) is 16.3 Å². The van der Waals surface area contributed by atoms with E-state index in [1.54, 1.807) is 0 Å². The molecule has 1 aliphatic heterocycles. The summed E-state index contributed by atoms with van der Waals surface area (Å²) < 4.78 is 5.56. The summed E-state index contributed by atoms with van der Waals surface area (Å²) in [5.74, 6) is 0.329. The predicted molar refractivity (Wildman–Crippen MR) is 93.0 cm³/mol. The average molecular weight is 348 g/mol. The van der Waals surface area contributed by atoms with Crippen molar-refractivity contribution in [1.82, 2.24) is 15.1 Å². The van der Waals surface area contributed by atoms with Gasteiger partial charge in [-0.1, -0.05) is 29.8 Å². The Bertz CT molecular complexity index is 701. The molecule has 24 heavy (non-hydrogen) atoms. The second kappa shape index (κ2) is 7.81. The van der Waals surface area contributed by atoms with Gasteiger partial charge >= 0.3 is 0 Å². The van der Waals surface area contributed by atoms with E-state index in [0.29, 0.717) is 24.1 Å². The molecule has 5 nitrogen and oxygen atoms in total. The lowest BCUT2D eigenvalue weighted by molar-refractivity contribution is -0.137. The summed E-state index contributed by atoms with van der Waals surface area (Å²) in [6.07, 6.45) is 2.06.